The molecule has 0 radical (unpaired) electrons. The van der Waals surface area contributed by atoms with Crippen LogP contribution in [0, 0.1) is 19.8 Å². The van der Waals surface area contributed by atoms with Crippen LogP contribution in [0.15, 0.2) is 18.2 Å². The maximum absolute atomic E-state index is 5.68. The molecule has 3 rings (SSSR count). The van der Waals surface area contributed by atoms with Crippen LogP contribution >= 0.6 is 0 Å². The fourth-order valence-electron chi connectivity index (χ4n) is 2.47. The van der Waals surface area contributed by atoms with Crippen molar-refractivity contribution in [1.82, 2.24) is 9.97 Å². The SMILES string of the molecule is C.CN.Cc1ccc2nc(C)nc(N3CC(CN)C3)c2c1. The van der Waals surface area contributed by atoms with Gasteiger partial charge in [-0.15, -0.1) is 0 Å². The van der Waals surface area contributed by atoms with E-state index in [0.29, 0.717) is 5.92 Å². The Morgan fingerprint density at radius 2 is 1.86 bits per heavy atom. The van der Waals surface area contributed by atoms with Crippen LogP contribution in [-0.2, 0) is 0 Å². The minimum Gasteiger partial charge on any atom is -0.355 e. The Balaban J connectivity index is 0.000000706. The standard InChI is InChI=1S/C14H18N4.CH5N.CH4/c1-9-3-4-13-12(5-9)14(17-10(2)16-13)18-7-11(6-15)8-18;1-2;/h3-5,11H,6-8,15H2,1-2H3;2H2,1H3;1H4. The van der Waals surface area contributed by atoms with Crippen molar-refractivity contribution in [1.29, 1.82) is 0 Å². The summed E-state index contributed by atoms with van der Waals surface area (Å²) in [6.45, 7) is 6.83. The molecule has 116 valence electrons. The molecule has 1 saturated heterocycles. The lowest BCUT2D eigenvalue weighted by Crippen LogP contribution is -2.50. The lowest BCUT2D eigenvalue weighted by molar-refractivity contribution is 0.418. The smallest absolute Gasteiger partial charge is 0.140 e. The number of aromatic nitrogens is 2. The molecule has 0 aliphatic carbocycles. The number of fused-ring (bicyclic) bond motifs is 1. The van der Waals surface area contributed by atoms with Gasteiger partial charge in [0, 0.05) is 24.4 Å². The molecular formula is C16H27N5. The summed E-state index contributed by atoms with van der Waals surface area (Å²) < 4.78 is 0. The van der Waals surface area contributed by atoms with Crippen molar-refractivity contribution >= 4 is 16.7 Å². The first kappa shape index (κ1) is 17.3. The van der Waals surface area contributed by atoms with Crippen molar-refractivity contribution < 1.29 is 0 Å². The molecule has 4 N–H and O–H groups in total. The molecular weight excluding hydrogens is 262 g/mol. The van der Waals surface area contributed by atoms with Gasteiger partial charge in [-0.05, 0) is 39.6 Å². The molecule has 0 unspecified atom stereocenters. The predicted octanol–water partition coefficient (Wildman–Crippen LogP) is 1.85. The highest BCUT2D eigenvalue weighted by molar-refractivity contribution is 5.90. The molecule has 0 atom stereocenters. The predicted molar refractivity (Wildman–Crippen MR) is 90.6 cm³/mol. The van der Waals surface area contributed by atoms with Crippen LogP contribution in [0.1, 0.15) is 18.8 Å². The van der Waals surface area contributed by atoms with Crippen molar-refractivity contribution in [3.05, 3.63) is 29.6 Å². The summed E-state index contributed by atoms with van der Waals surface area (Å²) >= 11 is 0. The monoisotopic (exact) mass is 289 g/mol. The van der Waals surface area contributed by atoms with Gasteiger partial charge in [-0.3, -0.25) is 0 Å². The molecule has 5 heteroatoms. The number of rotatable bonds is 2. The van der Waals surface area contributed by atoms with Gasteiger partial charge in [-0.1, -0.05) is 19.1 Å². The van der Waals surface area contributed by atoms with Crippen LogP contribution in [0.5, 0.6) is 0 Å². The molecule has 1 aromatic carbocycles. The number of hydrogen-bond acceptors (Lipinski definition) is 5. The zero-order valence-corrected chi connectivity index (χ0v) is 12.4. The number of anilines is 1. The fraction of sp³-hybridized carbons (Fsp3) is 0.500. The zero-order chi connectivity index (χ0) is 14.7. The van der Waals surface area contributed by atoms with Gasteiger partial charge < -0.3 is 16.4 Å². The van der Waals surface area contributed by atoms with E-state index in [2.05, 4.69) is 45.7 Å². The first-order valence-electron chi connectivity index (χ1n) is 6.95. The lowest BCUT2D eigenvalue weighted by atomic mass is 10.00. The van der Waals surface area contributed by atoms with E-state index in [9.17, 15) is 0 Å². The van der Waals surface area contributed by atoms with E-state index in [4.69, 9.17) is 5.73 Å². The van der Waals surface area contributed by atoms with Crippen LogP contribution in [0.4, 0.5) is 5.82 Å². The molecule has 0 saturated carbocycles. The fourth-order valence-corrected chi connectivity index (χ4v) is 2.47. The minimum atomic E-state index is 0. The molecule has 5 nitrogen and oxygen atoms in total. The van der Waals surface area contributed by atoms with E-state index in [1.807, 2.05) is 6.92 Å². The Hall–Kier alpha value is -1.72. The molecule has 2 heterocycles. The van der Waals surface area contributed by atoms with Gasteiger partial charge in [-0.2, -0.15) is 0 Å². The number of nitrogens with zero attached hydrogens (tertiary/aromatic N) is 3. The third-order valence-corrected chi connectivity index (χ3v) is 3.53. The summed E-state index contributed by atoms with van der Waals surface area (Å²) in [5.41, 5.74) is 12.5. The first-order chi connectivity index (χ1) is 9.67. The van der Waals surface area contributed by atoms with Gasteiger partial charge in [0.1, 0.15) is 11.6 Å². The Bertz CT molecular complexity index is 590. The maximum atomic E-state index is 5.68. The topological polar surface area (TPSA) is 81.1 Å². The van der Waals surface area contributed by atoms with Gasteiger partial charge in [0.25, 0.3) is 0 Å². The van der Waals surface area contributed by atoms with Gasteiger partial charge in [-0.25, -0.2) is 9.97 Å². The van der Waals surface area contributed by atoms with E-state index in [1.54, 1.807) is 0 Å². The van der Waals surface area contributed by atoms with Crippen molar-refractivity contribution in [3.8, 4) is 0 Å². The van der Waals surface area contributed by atoms with Crippen molar-refractivity contribution in [2.75, 3.05) is 31.6 Å². The van der Waals surface area contributed by atoms with Crippen molar-refractivity contribution in [2.45, 2.75) is 21.3 Å². The van der Waals surface area contributed by atoms with E-state index in [-0.39, 0.29) is 7.43 Å². The lowest BCUT2D eigenvalue weighted by Gasteiger charge is -2.40. The molecule has 0 bridgehead atoms. The maximum Gasteiger partial charge on any atom is 0.140 e. The highest BCUT2D eigenvalue weighted by Crippen LogP contribution is 2.29. The molecule has 1 aliphatic heterocycles. The Morgan fingerprint density at radius 3 is 2.48 bits per heavy atom. The summed E-state index contributed by atoms with van der Waals surface area (Å²) in [5, 5.41) is 1.15. The summed E-state index contributed by atoms with van der Waals surface area (Å²) in [7, 11) is 1.50. The van der Waals surface area contributed by atoms with Gasteiger partial charge >= 0.3 is 0 Å². The van der Waals surface area contributed by atoms with Crippen LogP contribution in [0.25, 0.3) is 10.9 Å². The molecule has 0 amide bonds. The average molecular weight is 289 g/mol. The largest absolute Gasteiger partial charge is 0.355 e. The average Bonchev–Trinajstić information content (AvgIpc) is 2.40. The van der Waals surface area contributed by atoms with Crippen LogP contribution in [-0.4, -0.2) is 36.6 Å². The normalized spacial score (nSPS) is 14.0. The van der Waals surface area contributed by atoms with Gasteiger partial charge in [0.05, 0.1) is 5.52 Å². The van der Waals surface area contributed by atoms with E-state index in [1.165, 1.54) is 12.6 Å². The first-order valence-corrected chi connectivity index (χ1v) is 6.95. The quantitative estimate of drug-likeness (QED) is 0.882. The van der Waals surface area contributed by atoms with E-state index < -0.39 is 0 Å². The van der Waals surface area contributed by atoms with Crippen LogP contribution in [0.3, 0.4) is 0 Å². The Labute approximate surface area is 127 Å². The minimum absolute atomic E-state index is 0. The molecule has 1 aliphatic rings. The summed E-state index contributed by atoms with van der Waals surface area (Å²) in [4.78, 5) is 11.4. The molecule has 0 spiro atoms. The Morgan fingerprint density at radius 1 is 1.19 bits per heavy atom. The van der Waals surface area contributed by atoms with Crippen LogP contribution < -0.4 is 16.4 Å². The van der Waals surface area contributed by atoms with Crippen molar-refractivity contribution in [3.63, 3.8) is 0 Å². The summed E-state index contributed by atoms with van der Waals surface area (Å²) in [5.74, 6) is 2.50. The third-order valence-electron chi connectivity index (χ3n) is 3.53. The molecule has 1 aromatic heterocycles. The number of nitrogens with two attached hydrogens (primary N) is 2. The summed E-state index contributed by atoms with van der Waals surface area (Å²) in [6, 6.07) is 6.33. The zero-order valence-electron chi connectivity index (χ0n) is 12.4. The molecule has 21 heavy (non-hydrogen) atoms. The molecule has 2 aromatic rings. The number of hydrogen-bond donors (Lipinski definition) is 2. The highest BCUT2D eigenvalue weighted by atomic mass is 15.2. The second-order valence-corrected chi connectivity index (χ2v) is 5.12. The third kappa shape index (κ3) is 3.49. The second-order valence-electron chi connectivity index (χ2n) is 5.12. The number of aryl methyl sites for hydroxylation is 2. The summed E-state index contributed by atoms with van der Waals surface area (Å²) in [6.07, 6.45) is 0. The van der Waals surface area contributed by atoms with Gasteiger partial charge in [0.2, 0.25) is 0 Å². The second kappa shape index (κ2) is 7.33. The molecule has 1 fully saturated rings. The van der Waals surface area contributed by atoms with Crippen LogP contribution in [0.2, 0.25) is 0 Å². The van der Waals surface area contributed by atoms with E-state index in [0.717, 1.165) is 42.2 Å². The van der Waals surface area contributed by atoms with E-state index >= 15 is 0 Å². The van der Waals surface area contributed by atoms with Crippen molar-refractivity contribution in [2.24, 2.45) is 17.4 Å². The Kier molecular flexibility index (Phi) is 6.05. The number of benzene rings is 1. The highest BCUT2D eigenvalue weighted by Gasteiger charge is 2.28. The van der Waals surface area contributed by atoms with Gasteiger partial charge in [0.15, 0.2) is 0 Å².